The number of esters is 1. The number of benzene rings is 1. The molecule has 0 bridgehead atoms. The van der Waals surface area contributed by atoms with Crippen LogP contribution in [0.25, 0.3) is 10.6 Å². The molecule has 1 atom stereocenters. The molecule has 0 spiro atoms. The van der Waals surface area contributed by atoms with E-state index in [-0.39, 0.29) is 17.9 Å². The lowest BCUT2D eigenvalue weighted by Crippen LogP contribution is -2.45. The second-order valence-corrected chi connectivity index (χ2v) is 7.97. The van der Waals surface area contributed by atoms with E-state index in [0.29, 0.717) is 23.0 Å². The summed E-state index contributed by atoms with van der Waals surface area (Å²) in [6.45, 7) is 6.23. The summed E-state index contributed by atoms with van der Waals surface area (Å²) < 4.78 is 5.46. The Morgan fingerprint density at radius 3 is 2.77 bits per heavy atom. The molecule has 7 heteroatoms. The minimum Gasteiger partial charge on any atom is -0.462 e. The normalized spacial score (nSPS) is 17.1. The van der Waals surface area contributed by atoms with Gasteiger partial charge in [0.2, 0.25) is 0 Å². The second kappa shape index (κ2) is 7.97. The van der Waals surface area contributed by atoms with Crippen molar-refractivity contribution in [3.8, 4) is 10.6 Å². The van der Waals surface area contributed by atoms with E-state index in [0.717, 1.165) is 15.4 Å². The fourth-order valence-electron chi connectivity index (χ4n) is 2.63. The van der Waals surface area contributed by atoms with Gasteiger partial charge in [0, 0.05) is 17.5 Å². The first-order chi connectivity index (χ1) is 12.5. The molecule has 2 heterocycles. The quantitative estimate of drug-likeness (QED) is 0.601. The predicted molar refractivity (Wildman–Crippen MR) is 108 cm³/mol. The largest absolute Gasteiger partial charge is 0.462 e. The van der Waals surface area contributed by atoms with Gasteiger partial charge in [0.1, 0.15) is 5.01 Å². The highest BCUT2D eigenvalue weighted by molar-refractivity contribution is 7.80. The molecular formula is C19H21N3O2S2. The van der Waals surface area contributed by atoms with Crippen LogP contribution < -0.4 is 10.6 Å². The van der Waals surface area contributed by atoms with Crippen molar-refractivity contribution in [3.63, 3.8) is 0 Å². The Labute approximate surface area is 162 Å². The van der Waals surface area contributed by atoms with Crippen LogP contribution in [0.4, 0.5) is 0 Å². The van der Waals surface area contributed by atoms with Crippen LogP contribution in [0.5, 0.6) is 0 Å². The van der Waals surface area contributed by atoms with Crippen LogP contribution in [0.1, 0.15) is 31.7 Å². The average molecular weight is 388 g/mol. The summed E-state index contributed by atoms with van der Waals surface area (Å²) in [5.41, 5.74) is 2.30. The van der Waals surface area contributed by atoms with Crippen molar-refractivity contribution in [3.05, 3.63) is 52.7 Å². The molecule has 0 amide bonds. The number of ether oxygens (including phenoxy) is 1. The van der Waals surface area contributed by atoms with Crippen molar-refractivity contribution in [1.82, 2.24) is 15.6 Å². The van der Waals surface area contributed by atoms with Gasteiger partial charge >= 0.3 is 5.97 Å². The first-order valence-electron chi connectivity index (χ1n) is 8.42. The van der Waals surface area contributed by atoms with Gasteiger partial charge in [-0.2, -0.15) is 0 Å². The molecule has 0 unspecified atom stereocenters. The lowest BCUT2D eigenvalue weighted by Gasteiger charge is -2.28. The van der Waals surface area contributed by atoms with E-state index in [9.17, 15) is 4.79 Å². The Bertz CT molecular complexity index is 843. The first-order valence-corrected chi connectivity index (χ1v) is 9.64. The monoisotopic (exact) mass is 387 g/mol. The zero-order valence-corrected chi connectivity index (χ0v) is 16.5. The summed E-state index contributed by atoms with van der Waals surface area (Å²) in [4.78, 5) is 18.1. The number of nitrogens with one attached hydrogen (secondary N) is 2. The molecule has 1 aliphatic heterocycles. The zero-order valence-electron chi connectivity index (χ0n) is 14.9. The number of carbonyl (C=O) groups is 1. The van der Waals surface area contributed by atoms with Gasteiger partial charge in [0.25, 0.3) is 0 Å². The highest BCUT2D eigenvalue weighted by atomic mass is 32.1. The van der Waals surface area contributed by atoms with E-state index in [1.165, 1.54) is 11.3 Å². The number of aromatic nitrogens is 1. The summed E-state index contributed by atoms with van der Waals surface area (Å²) in [5.74, 6) is -0.0599. The van der Waals surface area contributed by atoms with Crippen LogP contribution in [-0.2, 0) is 9.53 Å². The molecule has 0 fully saturated rings. The molecule has 1 aromatic heterocycles. The number of thiocarbonyl (C=S) groups is 1. The predicted octanol–water partition coefficient (Wildman–Crippen LogP) is 3.80. The third-order valence-corrected chi connectivity index (χ3v) is 5.20. The van der Waals surface area contributed by atoms with Crippen molar-refractivity contribution in [2.24, 2.45) is 5.92 Å². The summed E-state index contributed by atoms with van der Waals surface area (Å²) in [7, 11) is 0. The fourth-order valence-corrected chi connectivity index (χ4v) is 3.89. The fraction of sp³-hybridized carbons (Fsp3) is 0.316. The standard InChI is InChI=1S/C19H21N3O2S2/c1-11(2)10-24-18(23)15-12(3)21-19(25)22-16(15)14-9-20-17(26-14)13-7-5-4-6-8-13/h4-9,11,16H,10H2,1-3H3,(H2,21,22,25)/t16-/m1/s1. The molecule has 136 valence electrons. The third-order valence-electron chi connectivity index (χ3n) is 3.87. The highest BCUT2D eigenvalue weighted by Crippen LogP contribution is 2.34. The minimum atomic E-state index is -0.363. The third kappa shape index (κ3) is 4.11. The maximum absolute atomic E-state index is 12.7. The summed E-state index contributed by atoms with van der Waals surface area (Å²) in [6, 6.07) is 9.60. The van der Waals surface area contributed by atoms with Crippen LogP contribution in [0, 0.1) is 5.92 Å². The topological polar surface area (TPSA) is 63.2 Å². The van der Waals surface area contributed by atoms with E-state index >= 15 is 0 Å². The second-order valence-electron chi connectivity index (χ2n) is 6.50. The first kappa shape index (κ1) is 18.5. The number of rotatable bonds is 5. The van der Waals surface area contributed by atoms with E-state index in [4.69, 9.17) is 17.0 Å². The number of carbonyl (C=O) groups excluding carboxylic acids is 1. The molecule has 2 N–H and O–H groups in total. The molecule has 3 rings (SSSR count). The van der Waals surface area contributed by atoms with Gasteiger partial charge in [0.05, 0.1) is 23.1 Å². The Kier molecular flexibility index (Phi) is 5.68. The van der Waals surface area contributed by atoms with Gasteiger partial charge in [0.15, 0.2) is 5.11 Å². The zero-order chi connectivity index (χ0) is 18.7. The number of hydrogen-bond acceptors (Lipinski definition) is 5. The maximum Gasteiger partial charge on any atom is 0.338 e. The number of nitrogens with zero attached hydrogens (tertiary/aromatic N) is 1. The Balaban J connectivity index is 1.91. The summed E-state index contributed by atoms with van der Waals surface area (Å²) in [5, 5.41) is 7.59. The van der Waals surface area contributed by atoms with Crippen LogP contribution in [0.3, 0.4) is 0 Å². The van der Waals surface area contributed by atoms with Crippen molar-refractivity contribution in [1.29, 1.82) is 0 Å². The van der Waals surface area contributed by atoms with Crippen molar-refractivity contribution < 1.29 is 9.53 Å². The minimum absolute atomic E-state index is 0.275. The molecule has 5 nitrogen and oxygen atoms in total. The SMILES string of the molecule is CC1=C(C(=O)OCC(C)C)[C@@H](c2cnc(-c3ccccc3)s2)NC(=S)N1. The van der Waals surface area contributed by atoms with Gasteiger partial charge in [-0.15, -0.1) is 11.3 Å². The van der Waals surface area contributed by atoms with E-state index in [1.54, 1.807) is 6.20 Å². The van der Waals surface area contributed by atoms with Gasteiger partial charge < -0.3 is 15.4 Å². The summed E-state index contributed by atoms with van der Waals surface area (Å²) >= 11 is 6.82. The van der Waals surface area contributed by atoms with Crippen molar-refractivity contribution >= 4 is 34.6 Å². The molecule has 26 heavy (non-hydrogen) atoms. The number of thiazole rings is 1. The van der Waals surface area contributed by atoms with Crippen LogP contribution in [-0.4, -0.2) is 22.7 Å². The van der Waals surface area contributed by atoms with E-state index < -0.39 is 0 Å². The van der Waals surface area contributed by atoms with Crippen LogP contribution in [0.2, 0.25) is 0 Å². The molecule has 0 radical (unpaired) electrons. The van der Waals surface area contributed by atoms with Gasteiger partial charge in [-0.1, -0.05) is 44.2 Å². The maximum atomic E-state index is 12.7. The van der Waals surface area contributed by atoms with Gasteiger partial charge in [-0.05, 0) is 25.1 Å². The lowest BCUT2D eigenvalue weighted by molar-refractivity contribution is -0.140. The van der Waals surface area contributed by atoms with E-state index in [2.05, 4.69) is 15.6 Å². The van der Waals surface area contributed by atoms with Gasteiger partial charge in [-0.25, -0.2) is 9.78 Å². The van der Waals surface area contributed by atoms with Crippen LogP contribution >= 0.6 is 23.6 Å². The average Bonchev–Trinajstić information content (AvgIpc) is 3.10. The molecule has 1 aliphatic rings. The summed E-state index contributed by atoms with van der Waals surface area (Å²) in [6.07, 6.45) is 1.79. The Morgan fingerprint density at radius 2 is 2.08 bits per heavy atom. The number of hydrogen-bond donors (Lipinski definition) is 2. The Morgan fingerprint density at radius 1 is 1.35 bits per heavy atom. The van der Waals surface area contributed by atoms with Crippen LogP contribution in [0.15, 0.2) is 47.8 Å². The smallest absolute Gasteiger partial charge is 0.338 e. The molecule has 1 aromatic carbocycles. The molecule has 2 aromatic rings. The Hall–Kier alpha value is -2.25. The highest BCUT2D eigenvalue weighted by Gasteiger charge is 2.32. The van der Waals surface area contributed by atoms with Crippen molar-refractivity contribution in [2.75, 3.05) is 6.61 Å². The molecule has 0 saturated heterocycles. The molecule has 0 saturated carbocycles. The van der Waals surface area contributed by atoms with Crippen molar-refractivity contribution in [2.45, 2.75) is 26.8 Å². The molecule has 0 aliphatic carbocycles. The van der Waals surface area contributed by atoms with Gasteiger partial charge in [-0.3, -0.25) is 0 Å². The number of allylic oxidation sites excluding steroid dienone is 1. The van der Waals surface area contributed by atoms with E-state index in [1.807, 2.05) is 51.1 Å². The lowest BCUT2D eigenvalue weighted by atomic mass is 10.0. The molecular weight excluding hydrogens is 366 g/mol.